The van der Waals surface area contributed by atoms with E-state index in [-0.39, 0.29) is 11.0 Å². The highest BCUT2D eigenvalue weighted by molar-refractivity contribution is 5.42. The van der Waals surface area contributed by atoms with Crippen LogP contribution in [0.5, 0.6) is 0 Å². The summed E-state index contributed by atoms with van der Waals surface area (Å²) >= 11 is 0. The third-order valence-corrected chi connectivity index (χ3v) is 6.45. The fourth-order valence-electron chi connectivity index (χ4n) is 5.09. The summed E-state index contributed by atoms with van der Waals surface area (Å²) in [5, 5.41) is 0. The molecule has 132 valence electrons. The Morgan fingerprint density at radius 2 is 1.44 bits per heavy atom. The van der Waals surface area contributed by atoms with Gasteiger partial charge in [-0.25, -0.2) is 0 Å². The highest BCUT2D eigenvalue weighted by atomic mass is 15.2. The molecule has 4 rings (SSSR count). The van der Waals surface area contributed by atoms with Crippen LogP contribution in [0.2, 0.25) is 0 Å². The van der Waals surface area contributed by atoms with Gasteiger partial charge in [0.05, 0.1) is 0 Å². The minimum Gasteiger partial charge on any atom is -0.299 e. The average Bonchev–Trinajstić information content (AvgIpc) is 2.62. The SMILES string of the molecule is CN1CC(C)(C)c2ccccc2C12CCN(Cc1ccccc1)CC2. The normalized spacial score (nSPS) is 22.7. The zero-order chi connectivity index (χ0) is 17.5. The monoisotopic (exact) mass is 334 g/mol. The predicted octanol–water partition coefficient (Wildman–Crippen LogP) is 4.40. The van der Waals surface area contributed by atoms with Crippen LogP contribution in [0, 0.1) is 0 Å². The maximum atomic E-state index is 2.65. The van der Waals surface area contributed by atoms with Gasteiger partial charge >= 0.3 is 0 Å². The molecular weight excluding hydrogens is 304 g/mol. The summed E-state index contributed by atoms with van der Waals surface area (Å²) in [6, 6.07) is 20.1. The Hall–Kier alpha value is -1.64. The van der Waals surface area contributed by atoms with Crippen molar-refractivity contribution < 1.29 is 0 Å². The second-order valence-electron chi connectivity index (χ2n) is 8.58. The lowest BCUT2D eigenvalue weighted by atomic mass is 9.67. The van der Waals surface area contributed by atoms with E-state index in [0.717, 1.165) is 13.1 Å². The predicted molar refractivity (Wildman–Crippen MR) is 105 cm³/mol. The van der Waals surface area contributed by atoms with Crippen molar-refractivity contribution >= 4 is 0 Å². The molecule has 0 amide bonds. The summed E-state index contributed by atoms with van der Waals surface area (Å²) in [4.78, 5) is 5.27. The van der Waals surface area contributed by atoms with E-state index < -0.39 is 0 Å². The van der Waals surface area contributed by atoms with Gasteiger partial charge < -0.3 is 0 Å². The van der Waals surface area contributed by atoms with E-state index in [9.17, 15) is 0 Å². The van der Waals surface area contributed by atoms with E-state index in [1.807, 2.05) is 0 Å². The van der Waals surface area contributed by atoms with Gasteiger partial charge in [0.25, 0.3) is 0 Å². The first-order valence-corrected chi connectivity index (χ1v) is 9.59. The number of nitrogens with zero attached hydrogens (tertiary/aromatic N) is 2. The van der Waals surface area contributed by atoms with E-state index in [0.29, 0.717) is 0 Å². The Kier molecular flexibility index (Phi) is 4.21. The lowest BCUT2D eigenvalue weighted by Gasteiger charge is -2.55. The molecule has 0 bridgehead atoms. The molecule has 2 aromatic rings. The minimum absolute atomic E-state index is 0.222. The molecule has 2 nitrogen and oxygen atoms in total. The van der Waals surface area contributed by atoms with Gasteiger partial charge in [0.2, 0.25) is 0 Å². The van der Waals surface area contributed by atoms with Gasteiger partial charge in [-0.05, 0) is 36.6 Å². The number of fused-ring (bicyclic) bond motifs is 2. The standard InChI is InChI=1S/C23H30N2/c1-22(2)18-24(3)23(21-12-8-7-11-20(21)22)13-15-25(16-14-23)17-19-9-5-4-6-10-19/h4-12H,13-18H2,1-3H3. The molecule has 0 radical (unpaired) electrons. The van der Waals surface area contributed by atoms with Gasteiger partial charge in [-0.15, -0.1) is 0 Å². The molecule has 2 heteroatoms. The summed E-state index contributed by atoms with van der Waals surface area (Å²) in [7, 11) is 2.34. The number of rotatable bonds is 2. The number of benzene rings is 2. The highest BCUT2D eigenvalue weighted by Gasteiger charge is 2.47. The van der Waals surface area contributed by atoms with Crippen molar-refractivity contribution in [1.29, 1.82) is 0 Å². The quantitative estimate of drug-likeness (QED) is 0.803. The molecule has 0 saturated carbocycles. The van der Waals surface area contributed by atoms with Gasteiger partial charge in [0.1, 0.15) is 0 Å². The fraction of sp³-hybridized carbons (Fsp3) is 0.478. The van der Waals surface area contributed by atoms with Gasteiger partial charge in [-0.2, -0.15) is 0 Å². The van der Waals surface area contributed by atoms with E-state index in [1.54, 1.807) is 11.1 Å². The van der Waals surface area contributed by atoms with E-state index in [2.05, 4.69) is 85.3 Å². The van der Waals surface area contributed by atoms with Crippen LogP contribution in [0.25, 0.3) is 0 Å². The van der Waals surface area contributed by atoms with Crippen LogP contribution in [-0.2, 0) is 17.5 Å². The summed E-state index contributed by atoms with van der Waals surface area (Å²) < 4.78 is 0. The second kappa shape index (κ2) is 6.26. The lowest BCUT2D eigenvalue weighted by molar-refractivity contribution is 0.00799. The van der Waals surface area contributed by atoms with Crippen LogP contribution >= 0.6 is 0 Å². The fourth-order valence-corrected chi connectivity index (χ4v) is 5.09. The van der Waals surface area contributed by atoms with Crippen LogP contribution < -0.4 is 0 Å². The van der Waals surface area contributed by atoms with Crippen LogP contribution in [0.3, 0.4) is 0 Å². The van der Waals surface area contributed by atoms with Crippen molar-refractivity contribution in [3.05, 3.63) is 71.3 Å². The molecular formula is C23H30N2. The highest BCUT2D eigenvalue weighted by Crippen LogP contribution is 2.47. The molecule has 2 aliphatic rings. The van der Waals surface area contributed by atoms with E-state index >= 15 is 0 Å². The summed E-state index contributed by atoms with van der Waals surface area (Å²) in [6.07, 6.45) is 2.45. The topological polar surface area (TPSA) is 6.48 Å². The van der Waals surface area contributed by atoms with Crippen LogP contribution in [0.15, 0.2) is 54.6 Å². The molecule has 0 aromatic heterocycles. The van der Waals surface area contributed by atoms with E-state index in [1.165, 1.54) is 31.5 Å². The van der Waals surface area contributed by atoms with Crippen molar-refractivity contribution in [3.8, 4) is 0 Å². The second-order valence-corrected chi connectivity index (χ2v) is 8.58. The van der Waals surface area contributed by atoms with Gasteiger partial charge in [0, 0.05) is 37.1 Å². The molecule has 2 heterocycles. The summed E-state index contributed by atoms with van der Waals surface area (Å²) in [5.41, 5.74) is 5.02. The largest absolute Gasteiger partial charge is 0.299 e. The van der Waals surface area contributed by atoms with Crippen LogP contribution in [0.4, 0.5) is 0 Å². The third-order valence-electron chi connectivity index (χ3n) is 6.45. The first-order valence-electron chi connectivity index (χ1n) is 9.59. The molecule has 0 aliphatic carbocycles. The maximum Gasteiger partial charge on any atom is 0.0485 e. The first-order chi connectivity index (χ1) is 12.0. The maximum absolute atomic E-state index is 2.65. The molecule has 0 N–H and O–H groups in total. The number of hydrogen-bond acceptors (Lipinski definition) is 2. The van der Waals surface area contributed by atoms with Crippen LogP contribution in [0.1, 0.15) is 43.4 Å². The lowest BCUT2D eigenvalue weighted by Crippen LogP contribution is -2.58. The molecule has 1 spiro atoms. The smallest absolute Gasteiger partial charge is 0.0485 e. The first kappa shape index (κ1) is 16.8. The molecule has 25 heavy (non-hydrogen) atoms. The molecule has 0 unspecified atom stereocenters. The molecule has 1 fully saturated rings. The van der Waals surface area contributed by atoms with Gasteiger partial charge in [-0.1, -0.05) is 68.4 Å². The van der Waals surface area contributed by atoms with Crippen molar-refractivity contribution in [3.63, 3.8) is 0 Å². The third kappa shape index (κ3) is 2.92. The molecule has 2 aromatic carbocycles. The Morgan fingerprint density at radius 3 is 2.12 bits per heavy atom. The van der Waals surface area contributed by atoms with E-state index in [4.69, 9.17) is 0 Å². The average molecular weight is 335 g/mol. The van der Waals surface area contributed by atoms with Crippen LogP contribution in [-0.4, -0.2) is 36.5 Å². The number of piperidine rings is 1. The van der Waals surface area contributed by atoms with Gasteiger partial charge in [0.15, 0.2) is 0 Å². The zero-order valence-electron chi connectivity index (χ0n) is 15.8. The number of hydrogen-bond donors (Lipinski definition) is 0. The van der Waals surface area contributed by atoms with Gasteiger partial charge in [-0.3, -0.25) is 9.80 Å². The van der Waals surface area contributed by atoms with Crippen molar-refractivity contribution in [2.45, 2.75) is 44.2 Å². The Morgan fingerprint density at radius 1 is 0.840 bits per heavy atom. The molecule has 1 saturated heterocycles. The molecule has 0 atom stereocenters. The molecule has 2 aliphatic heterocycles. The Labute approximate surface area is 152 Å². The summed E-state index contributed by atoms with van der Waals surface area (Å²) in [5.74, 6) is 0. The number of likely N-dealkylation sites (N-methyl/N-ethyl adjacent to an activating group) is 1. The number of likely N-dealkylation sites (tertiary alicyclic amines) is 1. The Bertz CT molecular complexity index is 727. The zero-order valence-corrected chi connectivity index (χ0v) is 15.8. The van der Waals surface area contributed by atoms with Crippen molar-refractivity contribution in [1.82, 2.24) is 9.80 Å². The Balaban J connectivity index is 1.57. The summed E-state index contributed by atoms with van der Waals surface area (Å²) in [6.45, 7) is 9.35. The van der Waals surface area contributed by atoms with Crippen molar-refractivity contribution in [2.75, 3.05) is 26.7 Å². The minimum atomic E-state index is 0.222. The van der Waals surface area contributed by atoms with Crippen molar-refractivity contribution in [2.24, 2.45) is 0 Å².